The highest BCUT2D eigenvalue weighted by Crippen LogP contribution is 2.13. The molecule has 1 amide bonds. The molecular weight excluding hydrogens is 334 g/mol. The lowest BCUT2D eigenvalue weighted by molar-refractivity contribution is -0.141. The summed E-state index contributed by atoms with van der Waals surface area (Å²) in [6.07, 6.45) is 5.86. The van der Waals surface area contributed by atoms with Gasteiger partial charge in [0.2, 0.25) is 0 Å². The maximum absolute atomic E-state index is 12.8. The summed E-state index contributed by atoms with van der Waals surface area (Å²) in [7, 11) is 0. The third-order valence-corrected chi connectivity index (χ3v) is 4.04. The zero-order chi connectivity index (χ0) is 18.9. The van der Waals surface area contributed by atoms with Crippen molar-refractivity contribution in [2.24, 2.45) is 5.92 Å². The van der Waals surface area contributed by atoms with Crippen LogP contribution in [0.1, 0.15) is 30.6 Å². The number of carboxylic acids is 1. The minimum absolute atomic E-state index is 0.170. The summed E-state index contributed by atoms with van der Waals surface area (Å²) in [5, 5.41) is 9.16. The number of carboxylic acid groups (broad SMARTS) is 1. The highest BCUT2D eigenvalue weighted by molar-refractivity contribution is 5.94. The van der Waals surface area contributed by atoms with Crippen LogP contribution in [0.5, 0.6) is 0 Å². The first-order valence-corrected chi connectivity index (χ1v) is 8.71. The van der Waals surface area contributed by atoms with Gasteiger partial charge >= 0.3 is 5.97 Å². The van der Waals surface area contributed by atoms with Gasteiger partial charge in [0.05, 0.1) is 12.2 Å². The summed E-state index contributed by atoms with van der Waals surface area (Å²) in [6, 6.07) is 7.18. The first-order valence-electron chi connectivity index (χ1n) is 8.71. The summed E-state index contributed by atoms with van der Waals surface area (Å²) in [5.74, 6) is -1.72. The van der Waals surface area contributed by atoms with Crippen LogP contribution in [-0.4, -0.2) is 57.7 Å². The van der Waals surface area contributed by atoms with Crippen molar-refractivity contribution in [3.63, 3.8) is 0 Å². The molecule has 0 spiro atoms. The largest absolute Gasteiger partial charge is 0.481 e. The summed E-state index contributed by atoms with van der Waals surface area (Å²) < 4.78 is 7.16. The van der Waals surface area contributed by atoms with Gasteiger partial charge in [-0.2, -0.15) is 0 Å². The van der Waals surface area contributed by atoms with Gasteiger partial charge < -0.3 is 19.3 Å². The number of aromatic nitrogens is 2. The van der Waals surface area contributed by atoms with Crippen LogP contribution in [0.25, 0.3) is 5.69 Å². The van der Waals surface area contributed by atoms with E-state index in [1.165, 1.54) is 0 Å². The maximum Gasteiger partial charge on any atom is 0.308 e. The molecule has 1 aromatic carbocycles. The van der Waals surface area contributed by atoms with Gasteiger partial charge in [0.1, 0.15) is 0 Å². The van der Waals surface area contributed by atoms with Crippen LogP contribution in [-0.2, 0) is 9.53 Å². The van der Waals surface area contributed by atoms with Gasteiger partial charge in [-0.25, -0.2) is 4.98 Å². The van der Waals surface area contributed by atoms with Gasteiger partial charge in [0, 0.05) is 49.9 Å². The Labute approximate surface area is 153 Å². The standard InChI is InChI=1S/C19H25N3O4/c1-3-26-12-4-10-21(13-15(2)19(24)25)18(23)16-5-7-17(8-6-16)22-11-9-20-14-22/h5-9,11,14-15H,3-4,10,12-13H2,1-2H3,(H,24,25). The van der Waals surface area contributed by atoms with Gasteiger partial charge in [-0.15, -0.1) is 0 Å². The highest BCUT2D eigenvalue weighted by atomic mass is 16.5. The lowest BCUT2D eigenvalue weighted by Gasteiger charge is -2.25. The Morgan fingerprint density at radius 1 is 1.31 bits per heavy atom. The van der Waals surface area contributed by atoms with E-state index in [1.807, 2.05) is 29.8 Å². The third-order valence-electron chi connectivity index (χ3n) is 4.04. The van der Waals surface area contributed by atoms with Gasteiger partial charge in [-0.3, -0.25) is 9.59 Å². The van der Waals surface area contributed by atoms with Crippen molar-refractivity contribution in [2.45, 2.75) is 20.3 Å². The molecule has 2 aromatic rings. The molecule has 0 saturated carbocycles. The highest BCUT2D eigenvalue weighted by Gasteiger charge is 2.21. The minimum atomic E-state index is -0.914. The number of aliphatic carboxylic acids is 1. The molecule has 0 aliphatic heterocycles. The molecule has 7 heteroatoms. The number of rotatable bonds is 10. The zero-order valence-electron chi connectivity index (χ0n) is 15.2. The summed E-state index contributed by atoms with van der Waals surface area (Å²) in [5.41, 5.74) is 1.43. The molecule has 0 radical (unpaired) electrons. The Morgan fingerprint density at radius 2 is 2.04 bits per heavy atom. The van der Waals surface area contributed by atoms with Gasteiger partial charge in [0.15, 0.2) is 0 Å². The normalized spacial score (nSPS) is 11.9. The van der Waals surface area contributed by atoms with Crippen LogP contribution >= 0.6 is 0 Å². The second-order valence-corrected chi connectivity index (χ2v) is 6.06. The van der Waals surface area contributed by atoms with E-state index < -0.39 is 11.9 Å². The molecule has 1 unspecified atom stereocenters. The second-order valence-electron chi connectivity index (χ2n) is 6.06. The van der Waals surface area contributed by atoms with E-state index >= 15 is 0 Å². The average Bonchev–Trinajstić information content (AvgIpc) is 3.18. The number of hydrogen-bond donors (Lipinski definition) is 1. The fraction of sp³-hybridized carbons (Fsp3) is 0.421. The molecule has 0 aliphatic carbocycles. The predicted octanol–water partition coefficient (Wildman–Crippen LogP) is 2.46. The molecule has 1 heterocycles. The molecule has 1 aromatic heterocycles. The monoisotopic (exact) mass is 359 g/mol. The molecule has 0 fully saturated rings. The van der Waals surface area contributed by atoms with Crippen molar-refractivity contribution in [3.05, 3.63) is 48.5 Å². The van der Waals surface area contributed by atoms with Crippen LogP contribution in [0.2, 0.25) is 0 Å². The topological polar surface area (TPSA) is 84.7 Å². The van der Waals surface area contributed by atoms with Crippen molar-refractivity contribution in [1.82, 2.24) is 14.5 Å². The van der Waals surface area contributed by atoms with E-state index in [-0.39, 0.29) is 12.5 Å². The number of imidazole rings is 1. The lowest BCUT2D eigenvalue weighted by Crippen LogP contribution is -2.38. The number of amides is 1. The summed E-state index contributed by atoms with van der Waals surface area (Å²) in [4.78, 5) is 29.6. The Bertz CT molecular complexity index is 698. The molecule has 26 heavy (non-hydrogen) atoms. The number of nitrogens with zero attached hydrogens (tertiary/aromatic N) is 3. The maximum atomic E-state index is 12.8. The van der Waals surface area contributed by atoms with Crippen molar-refractivity contribution in [2.75, 3.05) is 26.3 Å². The van der Waals surface area contributed by atoms with Crippen molar-refractivity contribution < 1.29 is 19.4 Å². The zero-order valence-corrected chi connectivity index (χ0v) is 15.2. The Kier molecular flexibility index (Phi) is 7.35. The lowest BCUT2D eigenvalue weighted by atomic mass is 10.1. The van der Waals surface area contributed by atoms with Gasteiger partial charge in [0.25, 0.3) is 5.91 Å². The number of benzene rings is 1. The minimum Gasteiger partial charge on any atom is -0.481 e. The van der Waals surface area contributed by atoms with Gasteiger partial charge in [-0.05, 0) is 37.6 Å². The first-order chi connectivity index (χ1) is 12.5. The molecule has 140 valence electrons. The van der Waals surface area contributed by atoms with Crippen LogP contribution in [0.3, 0.4) is 0 Å². The SMILES string of the molecule is CCOCCCN(CC(C)C(=O)O)C(=O)c1ccc(-n2ccnc2)cc1. The molecule has 1 N–H and O–H groups in total. The molecule has 1 atom stereocenters. The van der Waals surface area contributed by atoms with Crippen molar-refractivity contribution in [3.8, 4) is 5.69 Å². The first kappa shape index (κ1) is 19.7. The van der Waals surface area contributed by atoms with Gasteiger partial charge in [-0.1, -0.05) is 6.92 Å². The fourth-order valence-electron chi connectivity index (χ4n) is 2.56. The number of ether oxygens (including phenoxy) is 1. The predicted molar refractivity (Wildman–Crippen MR) is 97.4 cm³/mol. The van der Waals surface area contributed by atoms with Crippen molar-refractivity contribution >= 4 is 11.9 Å². The molecule has 7 nitrogen and oxygen atoms in total. The van der Waals surface area contributed by atoms with E-state index in [0.29, 0.717) is 31.7 Å². The molecule has 0 saturated heterocycles. The Hall–Kier alpha value is -2.67. The molecule has 0 aliphatic rings. The summed E-state index contributed by atoms with van der Waals surface area (Å²) in [6.45, 7) is 5.31. The number of hydrogen-bond acceptors (Lipinski definition) is 4. The second kappa shape index (κ2) is 9.72. The van der Waals surface area contributed by atoms with Crippen LogP contribution in [0.4, 0.5) is 0 Å². The quantitative estimate of drug-likeness (QED) is 0.659. The van der Waals surface area contributed by atoms with E-state index in [9.17, 15) is 9.59 Å². The van der Waals surface area contributed by atoms with E-state index in [0.717, 1.165) is 5.69 Å². The molecular formula is C19H25N3O4. The van der Waals surface area contributed by atoms with E-state index in [2.05, 4.69) is 4.98 Å². The molecule has 0 bridgehead atoms. The van der Waals surface area contributed by atoms with E-state index in [1.54, 1.807) is 36.5 Å². The average molecular weight is 359 g/mol. The Balaban J connectivity index is 2.09. The summed E-state index contributed by atoms with van der Waals surface area (Å²) >= 11 is 0. The van der Waals surface area contributed by atoms with Crippen LogP contribution < -0.4 is 0 Å². The Morgan fingerprint density at radius 3 is 2.62 bits per heavy atom. The van der Waals surface area contributed by atoms with E-state index in [4.69, 9.17) is 9.84 Å². The number of carbonyl (C=O) groups is 2. The smallest absolute Gasteiger partial charge is 0.308 e. The molecule has 2 rings (SSSR count). The third kappa shape index (κ3) is 5.42. The van der Waals surface area contributed by atoms with Crippen LogP contribution in [0.15, 0.2) is 43.0 Å². The number of carbonyl (C=O) groups excluding carboxylic acids is 1. The fourth-order valence-corrected chi connectivity index (χ4v) is 2.56. The van der Waals surface area contributed by atoms with Crippen LogP contribution in [0, 0.1) is 5.92 Å². The van der Waals surface area contributed by atoms with Crippen molar-refractivity contribution in [1.29, 1.82) is 0 Å².